The number of hydrogen-bond donors (Lipinski definition) is 0. The minimum Gasteiger partial charge on any atom is -0.438 e. The number of nitrogens with zero attached hydrogens (tertiary/aromatic N) is 3. The van der Waals surface area contributed by atoms with Crippen molar-refractivity contribution in [3.63, 3.8) is 0 Å². The van der Waals surface area contributed by atoms with Crippen LogP contribution in [-0.2, 0) is 16.1 Å². The Morgan fingerprint density at radius 2 is 2.31 bits per heavy atom. The van der Waals surface area contributed by atoms with E-state index in [0.717, 1.165) is 30.2 Å². The van der Waals surface area contributed by atoms with Crippen LogP contribution in [0.1, 0.15) is 39.8 Å². The number of rotatable bonds is 6. The summed E-state index contributed by atoms with van der Waals surface area (Å²) >= 11 is 1.64. The average Bonchev–Trinajstić information content (AvgIpc) is 3.29. The molecule has 2 aromatic heterocycles. The number of amides is 1. The molecule has 4 heterocycles. The zero-order valence-electron chi connectivity index (χ0n) is 15.1. The van der Waals surface area contributed by atoms with Crippen molar-refractivity contribution in [1.82, 2.24) is 14.9 Å². The molecule has 0 aliphatic carbocycles. The van der Waals surface area contributed by atoms with E-state index in [1.165, 1.54) is 6.39 Å². The van der Waals surface area contributed by atoms with Gasteiger partial charge in [-0.1, -0.05) is 0 Å². The van der Waals surface area contributed by atoms with Gasteiger partial charge in [0, 0.05) is 18.6 Å². The number of ether oxygens (including phenoxy) is 2. The topological polar surface area (TPSA) is 77.7 Å². The number of thiazole rings is 1. The van der Waals surface area contributed by atoms with E-state index in [2.05, 4.69) is 9.97 Å². The zero-order chi connectivity index (χ0) is 18.1. The maximum atomic E-state index is 12.5. The Morgan fingerprint density at radius 3 is 3.00 bits per heavy atom. The molecule has 7 nitrogen and oxygen atoms in total. The van der Waals surface area contributed by atoms with Gasteiger partial charge in [0.1, 0.15) is 5.60 Å². The normalized spacial score (nSPS) is 21.3. The van der Waals surface area contributed by atoms with Crippen molar-refractivity contribution in [3.05, 3.63) is 33.9 Å². The monoisotopic (exact) mass is 377 g/mol. The van der Waals surface area contributed by atoms with Crippen LogP contribution in [0.5, 0.6) is 0 Å². The summed E-state index contributed by atoms with van der Waals surface area (Å²) in [5.74, 6) is 0.644. The van der Waals surface area contributed by atoms with Crippen LogP contribution >= 0.6 is 11.3 Å². The molecule has 0 unspecified atom stereocenters. The largest absolute Gasteiger partial charge is 0.438 e. The molecule has 1 spiro atoms. The van der Waals surface area contributed by atoms with Crippen LogP contribution in [-0.4, -0.2) is 52.7 Å². The first kappa shape index (κ1) is 17.6. The Kier molecular flexibility index (Phi) is 4.81. The highest BCUT2D eigenvalue weighted by Gasteiger charge is 2.54. The molecule has 2 aliphatic heterocycles. The molecular formula is C18H23N3O4S. The second-order valence-electron chi connectivity index (χ2n) is 7.03. The SMILES string of the molecule is Cc1nc(COCC[C@H]2CCOC23CN(C(=O)c2ocnc2C)C3)cs1. The summed E-state index contributed by atoms with van der Waals surface area (Å²) in [5, 5.41) is 3.10. The molecule has 140 valence electrons. The summed E-state index contributed by atoms with van der Waals surface area (Å²) in [4.78, 5) is 22.7. The molecule has 4 rings (SSSR count). The summed E-state index contributed by atoms with van der Waals surface area (Å²) < 4.78 is 17.0. The van der Waals surface area contributed by atoms with Gasteiger partial charge < -0.3 is 18.8 Å². The molecule has 2 aromatic rings. The van der Waals surface area contributed by atoms with E-state index in [1.54, 1.807) is 23.2 Å². The van der Waals surface area contributed by atoms with Crippen molar-refractivity contribution in [1.29, 1.82) is 0 Å². The van der Waals surface area contributed by atoms with Crippen LogP contribution in [0.3, 0.4) is 0 Å². The van der Waals surface area contributed by atoms with Gasteiger partial charge in [0.05, 0.1) is 36.1 Å². The van der Waals surface area contributed by atoms with Crippen LogP contribution in [0.2, 0.25) is 0 Å². The van der Waals surface area contributed by atoms with E-state index in [1.807, 2.05) is 12.3 Å². The van der Waals surface area contributed by atoms with Crippen molar-refractivity contribution in [2.24, 2.45) is 5.92 Å². The Morgan fingerprint density at radius 1 is 1.46 bits per heavy atom. The van der Waals surface area contributed by atoms with Crippen LogP contribution in [0.25, 0.3) is 0 Å². The third-order valence-corrected chi connectivity index (χ3v) is 6.09. The molecule has 0 radical (unpaired) electrons. The van der Waals surface area contributed by atoms with Gasteiger partial charge in [-0.15, -0.1) is 11.3 Å². The van der Waals surface area contributed by atoms with E-state index < -0.39 is 0 Å². The second kappa shape index (κ2) is 7.09. The molecule has 0 N–H and O–H groups in total. The van der Waals surface area contributed by atoms with Crippen molar-refractivity contribution in [3.8, 4) is 0 Å². The number of carbonyl (C=O) groups excluding carboxylic acids is 1. The maximum absolute atomic E-state index is 12.5. The first-order valence-corrected chi connectivity index (χ1v) is 9.77. The smallest absolute Gasteiger partial charge is 0.291 e. The Bertz CT molecular complexity index is 781. The molecular weight excluding hydrogens is 354 g/mol. The van der Waals surface area contributed by atoms with Crippen LogP contribution in [0, 0.1) is 19.8 Å². The van der Waals surface area contributed by atoms with Crippen LogP contribution < -0.4 is 0 Å². The second-order valence-corrected chi connectivity index (χ2v) is 8.09. The standard InChI is InChI=1S/C18H23N3O4S/c1-12-16(24-11-19-12)17(22)21-9-18(10-21)14(4-6-25-18)3-5-23-7-15-8-26-13(2)20-15/h8,11,14H,3-7,9-10H2,1-2H3/t14-/m0/s1. The molecule has 2 saturated heterocycles. The Hall–Kier alpha value is -1.77. The van der Waals surface area contributed by atoms with Crippen molar-refractivity contribution in [2.75, 3.05) is 26.3 Å². The molecule has 2 fully saturated rings. The highest BCUT2D eigenvalue weighted by atomic mass is 32.1. The van der Waals surface area contributed by atoms with E-state index in [0.29, 0.717) is 43.7 Å². The predicted octanol–water partition coefficient (Wildman–Crippen LogP) is 2.59. The Balaban J connectivity index is 1.26. The van der Waals surface area contributed by atoms with E-state index in [4.69, 9.17) is 13.9 Å². The van der Waals surface area contributed by atoms with Gasteiger partial charge in [0.2, 0.25) is 5.76 Å². The maximum Gasteiger partial charge on any atom is 0.291 e. The van der Waals surface area contributed by atoms with Crippen LogP contribution in [0.15, 0.2) is 16.2 Å². The van der Waals surface area contributed by atoms with Gasteiger partial charge in [0.15, 0.2) is 6.39 Å². The van der Waals surface area contributed by atoms with Crippen molar-refractivity contribution < 1.29 is 18.7 Å². The number of aryl methyl sites for hydroxylation is 2. The van der Waals surface area contributed by atoms with E-state index in [-0.39, 0.29) is 11.5 Å². The van der Waals surface area contributed by atoms with Gasteiger partial charge in [-0.25, -0.2) is 9.97 Å². The molecule has 0 saturated carbocycles. The number of carbonyl (C=O) groups is 1. The third kappa shape index (κ3) is 3.28. The predicted molar refractivity (Wildman–Crippen MR) is 95.1 cm³/mol. The average molecular weight is 377 g/mol. The van der Waals surface area contributed by atoms with Crippen LogP contribution in [0.4, 0.5) is 0 Å². The molecule has 1 atom stereocenters. The molecule has 8 heteroatoms. The lowest BCUT2D eigenvalue weighted by Crippen LogP contribution is -2.66. The minimum absolute atomic E-state index is 0.102. The molecule has 26 heavy (non-hydrogen) atoms. The van der Waals surface area contributed by atoms with E-state index in [9.17, 15) is 4.79 Å². The molecule has 0 bridgehead atoms. The zero-order valence-corrected chi connectivity index (χ0v) is 15.9. The summed E-state index contributed by atoms with van der Waals surface area (Å²) in [5.41, 5.74) is 1.41. The quantitative estimate of drug-likeness (QED) is 0.720. The highest BCUT2D eigenvalue weighted by Crippen LogP contribution is 2.42. The van der Waals surface area contributed by atoms with Gasteiger partial charge >= 0.3 is 0 Å². The lowest BCUT2D eigenvalue weighted by molar-refractivity contribution is -0.121. The lowest BCUT2D eigenvalue weighted by Gasteiger charge is -2.50. The van der Waals surface area contributed by atoms with Crippen molar-refractivity contribution in [2.45, 2.75) is 38.9 Å². The minimum atomic E-state index is -0.218. The fraction of sp³-hybridized carbons (Fsp3) is 0.611. The van der Waals surface area contributed by atoms with Gasteiger partial charge in [-0.05, 0) is 32.6 Å². The number of hydrogen-bond acceptors (Lipinski definition) is 7. The highest BCUT2D eigenvalue weighted by molar-refractivity contribution is 7.09. The summed E-state index contributed by atoms with van der Waals surface area (Å²) in [6.45, 7) is 6.99. The third-order valence-electron chi connectivity index (χ3n) is 5.27. The summed E-state index contributed by atoms with van der Waals surface area (Å²) in [6.07, 6.45) is 3.27. The van der Waals surface area contributed by atoms with Crippen molar-refractivity contribution >= 4 is 17.2 Å². The molecule has 2 aliphatic rings. The first-order valence-electron chi connectivity index (χ1n) is 8.89. The number of oxazole rings is 1. The van der Waals surface area contributed by atoms with Gasteiger partial charge in [-0.3, -0.25) is 4.79 Å². The van der Waals surface area contributed by atoms with E-state index >= 15 is 0 Å². The molecule has 0 aromatic carbocycles. The van der Waals surface area contributed by atoms with Gasteiger partial charge in [0.25, 0.3) is 5.91 Å². The van der Waals surface area contributed by atoms with Gasteiger partial charge in [-0.2, -0.15) is 0 Å². The number of likely N-dealkylation sites (tertiary alicyclic amines) is 1. The molecule has 1 amide bonds. The summed E-state index contributed by atoms with van der Waals surface area (Å²) in [6, 6.07) is 0. The first-order chi connectivity index (χ1) is 12.6. The fourth-order valence-electron chi connectivity index (χ4n) is 3.81. The number of aromatic nitrogens is 2. The Labute approximate surface area is 156 Å². The summed E-state index contributed by atoms with van der Waals surface area (Å²) in [7, 11) is 0. The fourth-order valence-corrected chi connectivity index (χ4v) is 4.41. The lowest BCUT2D eigenvalue weighted by atomic mass is 9.79.